The fourth-order valence-corrected chi connectivity index (χ4v) is 2.61. The summed E-state index contributed by atoms with van der Waals surface area (Å²) in [4.78, 5) is 10.8. The molecule has 0 spiro atoms. The minimum atomic E-state index is -0.861. The van der Waals surface area contributed by atoms with E-state index < -0.39 is 5.97 Å². The molecule has 0 bridgehead atoms. The third-order valence-corrected chi connectivity index (χ3v) is 3.71. The lowest BCUT2D eigenvalue weighted by Gasteiger charge is -2.12. The van der Waals surface area contributed by atoms with Crippen molar-refractivity contribution in [3.63, 3.8) is 0 Å². The van der Waals surface area contributed by atoms with Crippen LogP contribution in [0.25, 0.3) is 0 Å². The van der Waals surface area contributed by atoms with E-state index in [0.29, 0.717) is 11.3 Å². The summed E-state index contributed by atoms with van der Waals surface area (Å²) in [6, 6.07) is 1.72. The number of ether oxygens (including phenoxy) is 2. The molecule has 1 aliphatic rings. The Hall–Kier alpha value is -1.23. The number of hydrogen-bond donors (Lipinski definition) is 1. The first-order chi connectivity index (χ1) is 8.02. The second kappa shape index (κ2) is 4.56. The summed E-state index contributed by atoms with van der Waals surface area (Å²) in [5, 5.41) is 8.86. The van der Waals surface area contributed by atoms with Crippen LogP contribution in [0, 0.1) is 0 Å². The van der Waals surface area contributed by atoms with Crippen LogP contribution in [0.5, 0.6) is 11.5 Å². The van der Waals surface area contributed by atoms with Crippen LogP contribution in [-0.2, 0) is 17.6 Å². The molecule has 0 aromatic heterocycles. The predicted molar refractivity (Wildman–Crippen MR) is 65.8 cm³/mol. The molecule has 17 heavy (non-hydrogen) atoms. The first kappa shape index (κ1) is 12.2. The van der Waals surface area contributed by atoms with Gasteiger partial charge in [-0.1, -0.05) is 15.9 Å². The minimum Gasteiger partial charge on any atom is -0.493 e. The maximum atomic E-state index is 10.8. The Bertz CT molecular complexity index is 470. The Kier molecular flexibility index (Phi) is 3.28. The Morgan fingerprint density at radius 2 is 2.41 bits per heavy atom. The quantitative estimate of drug-likeness (QED) is 0.931. The van der Waals surface area contributed by atoms with Crippen molar-refractivity contribution in [3.8, 4) is 11.5 Å². The second-order valence-corrected chi connectivity index (χ2v) is 4.86. The number of carbonyl (C=O) groups is 1. The zero-order valence-electron chi connectivity index (χ0n) is 9.62. The van der Waals surface area contributed by atoms with Crippen molar-refractivity contribution in [2.75, 3.05) is 7.11 Å². The number of aliphatic carboxylic acids is 1. The van der Waals surface area contributed by atoms with Gasteiger partial charge in [0, 0.05) is 16.5 Å². The molecule has 1 aromatic carbocycles. The first-order valence-corrected chi connectivity index (χ1v) is 6.09. The highest BCUT2D eigenvalue weighted by molar-refractivity contribution is 9.10. The molecule has 1 atom stereocenters. The van der Waals surface area contributed by atoms with E-state index in [1.165, 1.54) is 0 Å². The Labute approximate surface area is 108 Å². The molecule has 5 heteroatoms. The second-order valence-electron chi connectivity index (χ2n) is 4.06. The number of benzene rings is 1. The van der Waals surface area contributed by atoms with Crippen molar-refractivity contribution in [2.24, 2.45) is 0 Å². The van der Waals surface area contributed by atoms with Gasteiger partial charge in [0.15, 0.2) is 11.5 Å². The van der Waals surface area contributed by atoms with E-state index in [4.69, 9.17) is 14.6 Å². The van der Waals surface area contributed by atoms with Crippen LogP contribution in [-0.4, -0.2) is 24.3 Å². The summed E-state index contributed by atoms with van der Waals surface area (Å²) >= 11 is 3.45. The molecule has 0 saturated heterocycles. The molecule has 0 aliphatic carbocycles. The highest BCUT2D eigenvalue weighted by Crippen LogP contribution is 2.44. The van der Waals surface area contributed by atoms with Crippen LogP contribution in [0.2, 0.25) is 0 Å². The van der Waals surface area contributed by atoms with E-state index in [9.17, 15) is 4.79 Å². The van der Waals surface area contributed by atoms with Crippen LogP contribution in [0.3, 0.4) is 0 Å². The van der Waals surface area contributed by atoms with Crippen LogP contribution in [0.1, 0.15) is 18.1 Å². The van der Waals surface area contributed by atoms with Gasteiger partial charge in [-0.2, -0.15) is 0 Å². The van der Waals surface area contributed by atoms with Crippen LogP contribution in [0.4, 0.5) is 0 Å². The van der Waals surface area contributed by atoms with Gasteiger partial charge in [-0.25, -0.2) is 0 Å². The van der Waals surface area contributed by atoms with Crippen LogP contribution in [0.15, 0.2) is 10.5 Å². The highest BCUT2D eigenvalue weighted by atomic mass is 79.9. The third-order valence-electron chi connectivity index (χ3n) is 2.72. The number of halogens is 1. The third kappa shape index (κ3) is 2.24. The number of fused-ring (bicyclic) bond motifs is 1. The van der Waals surface area contributed by atoms with Crippen molar-refractivity contribution >= 4 is 21.9 Å². The summed E-state index contributed by atoms with van der Waals surface area (Å²) in [5.41, 5.74) is 1.71. The Balaban J connectivity index is 2.51. The Morgan fingerprint density at radius 3 is 3.00 bits per heavy atom. The average Bonchev–Trinajstić information content (AvgIpc) is 2.64. The molecule has 0 fully saturated rings. The van der Waals surface area contributed by atoms with Crippen molar-refractivity contribution in [1.29, 1.82) is 0 Å². The number of carboxylic acid groups (broad SMARTS) is 1. The number of methoxy groups -OCH3 is 1. The zero-order chi connectivity index (χ0) is 12.6. The van der Waals surface area contributed by atoms with Gasteiger partial charge in [-0.15, -0.1) is 0 Å². The summed E-state index contributed by atoms with van der Waals surface area (Å²) < 4.78 is 11.7. The lowest BCUT2D eigenvalue weighted by atomic mass is 10.0. The van der Waals surface area contributed by atoms with Gasteiger partial charge in [0.05, 0.1) is 13.5 Å². The summed E-state index contributed by atoms with van der Waals surface area (Å²) in [7, 11) is 1.56. The largest absolute Gasteiger partial charge is 0.493 e. The van der Waals surface area contributed by atoms with Gasteiger partial charge in [0.25, 0.3) is 0 Å². The zero-order valence-corrected chi connectivity index (χ0v) is 11.2. The lowest BCUT2D eigenvalue weighted by molar-refractivity contribution is -0.136. The van der Waals surface area contributed by atoms with E-state index in [2.05, 4.69) is 15.9 Å². The minimum absolute atomic E-state index is 0.0292. The van der Waals surface area contributed by atoms with Crippen molar-refractivity contribution in [2.45, 2.75) is 25.9 Å². The first-order valence-electron chi connectivity index (χ1n) is 5.29. The molecule has 2 rings (SSSR count). The summed E-state index contributed by atoms with van der Waals surface area (Å²) in [6.45, 7) is 1.97. The molecular weight excluding hydrogens is 288 g/mol. The van der Waals surface area contributed by atoms with Crippen LogP contribution >= 0.6 is 15.9 Å². The van der Waals surface area contributed by atoms with Crippen molar-refractivity contribution < 1.29 is 19.4 Å². The van der Waals surface area contributed by atoms with E-state index in [1.54, 1.807) is 13.2 Å². The summed E-state index contributed by atoms with van der Waals surface area (Å²) in [6.07, 6.45) is 0.827. The standard InChI is InChI=1S/C12H13BrO4/c1-6-3-8-11(13)7(5-10(14)15)4-9(16-2)12(8)17-6/h4,6H,3,5H2,1-2H3,(H,14,15). The van der Waals surface area contributed by atoms with Gasteiger partial charge in [-0.3, -0.25) is 4.79 Å². The fourth-order valence-electron chi connectivity index (χ4n) is 2.01. The molecule has 1 aromatic rings. The van der Waals surface area contributed by atoms with E-state index in [0.717, 1.165) is 22.2 Å². The average molecular weight is 301 g/mol. The van der Waals surface area contributed by atoms with Crippen molar-refractivity contribution in [3.05, 3.63) is 21.7 Å². The predicted octanol–water partition coefficient (Wildman–Crippen LogP) is 2.41. The lowest BCUT2D eigenvalue weighted by Crippen LogP contribution is -2.05. The van der Waals surface area contributed by atoms with E-state index in [1.807, 2.05) is 6.92 Å². The van der Waals surface area contributed by atoms with E-state index in [-0.39, 0.29) is 12.5 Å². The molecule has 1 unspecified atom stereocenters. The Morgan fingerprint density at radius 1 is 1.71 bits per heavy atom. The molecule has 92 valence electrons. The monoisotopic (exact) mass is 300 g/mol. The van der Waals surface area contributed by atoms with Crippen LogP contribution < -0.4 is 9.47 Å². The number of carboxylic acids is 1. The molecular formula is C12H13BrO4. The molecule has 1 N–H and O–H groups in total. The molecule has 1 aliphatic heterocycles. The topological polar surface area (TPSA) is 55.8 Å². The molecule has 0 radical (unpaired) electrons. The van der Waals surface area contributed by atoms with Gasteiger partial charge in [0.1, 0.15) is 6.10 Å². The smallest absolute Gasteiger partial charge is 0.307 e. The van der Waals surface area contributed by atoms with Gasteiger partial charge >= 0.3 is 5.97 Å². The molecule has 4 nitrogen and oxygen atoms in total. The molecule has 1 heterocycles. The molecule has 0 saturated carbocycles. The normalized spacial score (nSPS) is 17.5. The van der Waals surface area contributed by atoms with Gasteiger partial charge < -0.3 is 14.6 Å². The number of hydrogen-bond acceptors (Lipinski definition) is 3. The maximum Gasteiger partial charge on any atom is 0.307 e. The van der Waals surface area contributed by atoms with Crippen molar-refractivity contribution in [1.82, 2.24) is 0 Å². The van der Waals surface area contributed by atoms with Gasteiger partial charge in [-0.05, 0) is 18.6 Å². The van der Waals surface area contributed by atoms with E-state index >= 15 is 0 Å². The molecule has 0 amide bonds. The summed E-state index contributed by atoms with van der Waals surface area (Å²) in [5.74, 6) is 0.462. The highest BCUT2D eigenvalue weighted by Gasteiger charge is 2.27. The maximum absolute atomic E-state index is 10.8. The van der Waals surface area contributed by atoms with Gasteiger partial charge in [0.2, 0.25) is 0 Å². The number of rotatable bonds is 3. The fraction of sp³-hybridized carbons (Fsp3) is 0.417. The SMILES string of the molecule is COc1cc(CC(=O)O)c(Br)c2c1OC(C)C2.